The van der Waals surface area contributed by atoms with Gasteiger partial charge in [0.05, 0.1) is 24.1 Å². The van der Waals surface area contributed by atoms with Crippen LogP contribution in [0.1, 0.15) is 48.5 Å². The van der Waals surface area contributed by atoms with E-state index in [0.717, 1.165) is 37.9 Å². The van der Waals surface area contributed by atoms with Crippen molar-refractivity contribution < 1.29 is 23.4 Å². The van der Waals surface area contributed by atoms with Gasteiger partial charge in [-0.05, 0) is 24.8 Å². The Hall–Kier alpha value is -2.68. The lowest BCUT2D eigenvalue weighted by Gasteiger charge is -2.34. The Kier molecular flexibility index (Phi) is 4.51. The lowest BCUT2D eigenvalue weighted by atomic mass is 9.76. The van der Waals surface area contributed by atoms with Gasteiger partial charge in [0.15, 0.2) is 11.6 Å². The van der Waals surface area contributed by atoms with E-state index in [2.05, 4.69) is 0 Å². The van der Waals surface area contributed by atoms with Gasteiger partial charge < -0.3 is 25.0 Å². The molecule has 1 aromatic carbocycles. The van der Waals surface area contributed by atoms with Crippen LogP contribution >= 0.6 is 0 Å². The molecule has 3 N–H and O–H groups in total. The fourth-order valence-corrected chi connectivity index (χ4v) is 5.46. The number of rotatable bonds is 4. The molecule has 1 aliphatic heterocycles. The number of aromatic carboxylic acids is 1. The van der Waals surface area contributed by atoms with E-state index in [-0.39, 0.29) is 34.7 Å². The summed E-state index contributed by atoms with van der Waals surface area (Å²) in [6.07, 6.45) is 4.15. The fraction of sp³-hybridized carbons (Fsp3) is 0.545. The zero-order chi connectivity index (χ0) is 22.1. The van der Waals surface area contributed by atoms with Gasteiger partial charge in [-0.15, -0.1) is 0 Å². The van der Waals surface area contributed by atoms with Gasteiger partial charge in [0, 0.05) is 31.2 Å². The van der Waals surface area contributed by atoms with Crippen LogP contribution in [0.15, 0.2) is 17.1 Å². The number of halogens is 2. The number of hydrogen-bond acceptors (Lipinski definition) is 5. The van der Waals surface area contributed by atoms with Gasteiger partial charge in [0.2, 0.25) is 5.43 Å². The lowest BCUT2D eigenvalue weighted by Crippen LogP contribution is -2.49. The minimum absolute atomic E-state index is 0.116. The van der Waals surface area contributed by atoms with Crippen molar-refractivity contribution in [2.75, 3.05) is 25.1 Å². The molecule has 3 fully saturated rings. The second kappa shape index (κ2) is 6.91. The maximum absolute atomic E-state index is 15.4. The van der Waals surface area contributed by atoms with Crippen molar-refractivity contribution >= 4 is 22.6 Å². The molecule has 5 rings (SSSR count). The predicted molar refractivity (Wildman–Crippen MR) is 111 cm³/mol. The Morgan fingerprint density at radius 1 is 1.39 bits per heavy atom. The third kappa shape index (κ3) is 3.01. The van der Waals surface area contributed by atoms with E-state index in [1.165, 1.54) is 11.7 Å². The number of carbonyl (C=O) groups is 1. The Morgan fingerprint density at radius 3 is 2.74 bits per heavy atom. The van der Waals surface area contributed by atoms with Gasteiger partial charge in [-0.2, -0.15) is 0 Å². The largest absolute Gasteiger partial charge is 0.492 e. The minimum atomic E-state index is -1.44. The van der Waals surface area contributed by atoms with Crippen LogP contribution in [0.5, 0.6) is 5.75 Å². The first-order valence-electron chi connectivity index (χ1n) is 10.6. The first kappa shape index (κ1) is 20.2. The van der Waals surface area contributed by atoms with Crippen LogP contribution < -0.4 is 20.8 Å². The topological polar surface area (TPSA) is 97.8 Å². The van der Waals surface area contributed by atoms with Gasteiger partial charge >= 0.3 is 5.97 Å². The molecule has 0 bridgehead atoms. The molecule has 2 saturated carbocycles. The number of aromatic nitrogens is 1. The molecule has 4 atom stereocenters. The zero-order valence-corrected chi connectivity index (χ0v) is 17.2. The monoisotopic (exact) mass is 433 g/mol. The van der Waals surface area contributed by atoms with E-state index < -0.39 is 40.5 Å². The second-order valence-electron chi connectivity index (χ2n) is 9.10. The molecule has 2 aromatic rings. The van der Waals surface area contributed by atoms with E-state index >= 15 is 4.39 Å². The van der Waals surface area contributed by atoms with Gasteiger partial charge in [-0.1, -0.05) is 12.8 Å². The van der Waals surface area contributed by atoms with Gasteiger partial charge in [0.25, 0.3) is 0 Å². The van der Waals surface area contributed by atoms with Crippen LogP contribution in [-0.4, -0.2) is 47.6 Å². The third-order valence-corrected chi connectivity index (χ3v) is 7.17. The summed E-state index contributed by atoms with van der Waals surface area (Å²) in [7, 11) is 1.37. The molecule has 7 nitrogen and oxygen atoms in total. The van der Waals surface area contributed by atoms with Crippen LogP contribution in [0.25, 0.3) is 10.9 Å². The number of ether oxygens (including phenoxy) is 1. The number of nitrogens with zero attached hydrogens (tertiary/aromatic N) is 2. The highest BCUT2D eigenvalue weighted by atomic mass is 19.1. The molecular weight excluding hydrogens is 408 g/mol. The number of pyridine rings is 1. The number of nitrogens with two attached hydrogens (primary N) is 1. The van der Waals surface area contributed by atoms with Crippen LogP contribution in [0.2, 0.25) is 0 Å². The molecule has 0 radical (unpaired) electrons. The molecule has 0 spiro atoms. The van der Waals surface area contributed by atoms with Gasteiger partial charge in [-0.25, -0.2) is 13.6 Å². The van der Waals surface area contributed by atoms with E-state index in [1.807, 2.05) is 4.90 Å². The average Bonchev–Trinajstić information content (AvgIpc) is 3.33. The maximum atomic E-state index is 15.4. The number of alkyl halides is 1. The molecule has 2 heterocycles. The molecule has 31 heavy (non-hydrogen) atoms. The Morgan fingerprint density at radius 2 is 2.13 bits per heavy atom. The fourth-order valence-electron chi connectivity index (χ4n) is 5.46. The molecule has 9 heteroatoms. The van der Waals surface area contributed by atoms with Crippen LogP contribution in [0.4, 0.5) is 14.5 Å². The number of hydrogen-bond donors (Lipinski definition) is 2. The first-order valence-corrected chi connectivity index (χ1v) is 10.6. The smallest absolute Gasteiger partial charge is 0.341 e. The molecule has 1 saturated heterocycles. The molecule has 166 valence electrons. The first-order chi connectivity index (χ1) is 14.7. The summed E-state index contributed by atoms with van der Waals surface area (Å²) in [5, 5.41) is 9.30. The highest BCUT2D eigenvalue weighted by Gasteiger charge is 2.47. The highest BCUT2D eigenvalue weighted by Crippen LogP contribution is 2.47. The van der Waals surface area contributed by atoms with Gasteiger partial charge in [0.1, 0.15) is 17.4 Å². The van der Waals surface area contributed by atoms with Crippen molar-refractivity contribution in [3.63, 3.8) is 0 Å². The quantitative estimate of drug-likeness (QED) is 0.770. The minimum Gasteiger partial charge on any atom is -0.492 e. The van der Waals surface area contributed by atoms with Crippen molar-refractivity contribution in [1.82, 2.24) is 4.57 Å². The van der Waals surface area contributed by atoms with Crippen LogP contribution in [0, 0.1) is 11.7 Å². The van der Waals surface area contributed by atoms with E-state index in [1.54, 1.807) is 0 Å². The van der Waals surface area contributed by atoms with E-state index in [9.17, 15) is 19.1 Å². The third-order valence-electron chi connectivity index (χ3n) is 7.17. The zero-order valence-electron chi connectivity index (χ0n) is 17.2. The summed E-state index contributed by atoms with van der Waals surface area (Å²) in [4.78, 5) is 26.3. The molecular formula is C22H25F2N3O4. The normalized spacial score (nSPS) is 29.8. The number of carboxylic acids is 1. The summed E-state index contributed by atoms with van der Waals surface area (Å²) in [6, 6.07) is 0.439. The van der Waals surface area contributed by atoms with Crippen LogP contribution in [0.3, 0.4) is 0 Å². The van der Waals surface area contributed by atoms with Gasteiger partial charge in [-0.3, -0.25) is 4.79 Å². The van der Waals surface area contributed by atoms with Crippen molar-refractivity contribution in [2.45, 2.75) is 49.9 Å². The Labute approximate surface area is 177 Å². The highest BCUT2D eigenvalue weighted by molar-refractivity contribution is 5.97. The number of carboxylic acid groups (broad SMARTS) is 1. The van der Waals surface area contributed by atoms with Crippen molar-refractivity contribution in [1.29, 1.82) is 0 Å². The molecule has 1 aromatic heterocycles. The summed E-state index contributed by atoms with van der Waals surface area (Å²) in [6.45, 7) is 1.03. The number of methoxy groups -OCH3 is 1. The Balaban J connectivity index is 1.74. The summed E-state index contributed by atoms with van der Waals surface area (Å²) >= 11 is 0. The number of fused-ring (bicyclic) bond motifs is 2. The second-order valence-corrected chi connectivity index (χ2v) is 9.10. The summed E-state index contributed by atoms with van der Waals surface area (Å²) in [5.74, 6) is -1.76. The van der Waals surface area contributed by atoms with Crippen molar-refractivity contribution in [2.24, 2.45) is 11.7 Å². The van der Waals surface area contributed by atoms with E-state index in [4.69, 9.17) is 10.5 Å². The van der Waals surface area contributed by atoms with Crippen molar-refractivity contribution in [3.8, 4) is 5.75 Å². The van der Waals surface area contributed by atoms with Crippen molar-refractivity contribution in [3.05, 3.63) is 33.9 Å². The predicted octanol–water partition coefficient (Wildman–Crippen LogP) is 2.84. The molecule has 4 unspecified atom stereocenters. The molecule has 3 aliphatic rings. The maximum Gasteiger partial charge on any atom is 0.341 e. The average molecular weight is 433 g/mol. The Bertz CT molecular complexity index is 1150. The molecule has 0 amide bonds. The summed E-state index contributed by atoms with van der Waals surface area (Å²) in [5.41, 5.74) is 5.33. The lowest BCUT2D eigenvalue weighted by molar-refractivity contribution is 0.0694. The van der Waals surface area contributed by atoms with Crippen LogP contribution in [-0.2, 0) is 0 Å². The number of benzene rings is 1. The summed E-state index contributed by atoms with van der Waals surface area (Å²) < 4.78 is 36.4. The standard InChI is InChI=1S/C22H25F2N3O4/c1-31-20-17-12(19(28)13(21(29)30)9-27(17)16-7-14(16)23)6-15(24)18(20)26-8-11-4-2-3-5-22(11,25)10-26/h6,9,11,14,16H,2-5,7-8,10,25H2,1H3,(H,29,30). The van der Waals surface area contributed by atoms with E-state index in [0.29, 0.717) is 13.1 Å². The SMILES string of the molecule is COc1c(N2CC3CCCCC3(N)C2)c(F)cc2c(=O)c(C(=O)O)cn(C3CC3F)c12. The molecule has 2 aliphatic carbocycles. The number of anilines is 1.